The molecule has 4 rings (SSSR count). The zero-order valence-electron chi connectivity index (χ0n) is 18.6. The van der Waals surface area contributed by atoms with E-state index < -0.39 is 23.7 Å². The molecule has 2 unspecified atom stereocenters. The molecule has 0 spiro atoms. The monoisotopic (exact) mass is 480 g/mol. The molecule has 8 nitrogen and oxygen atoms in total. The lowest BCUT2D eigenvalue weighted by atomic mass is 9.93. The number of aromatic amines is 1. The average Bonchev–Trinajstić information content (AvgIpc) is 3.22. The van der Waals surface area contributed by atoms with Gasteiger partial charge in [0.15, 0.2) is 5.78 Å². The summed E-state index contributed by atoms with van der Waals surface area (Å²) in [6.45, 7) is 1.20. The number of Topliss-reactive ketones (excluding diaryl/α,β-unsaturated/α-hetero) is 1. The predicted octanol–water partition coefficient (Wildman–Crippen LogP) is 2.21. The number of amides is 3. The fourth-order valence-electron chi connectivity index (χ4n) is 4.13. The van der Waals surface area contributed by atoms with Crippen molar-refractivity contribution in [1.29, 1.82) is 0 Å². The van der Waals surface area contributed by atoms with Gasteiger partial charge < -0.3 is 20.5 Å². The Hall–Kier alpha value is -3.65. The summed E-state index contributed by atoms with van der Waals surface area (Å²) in [6.07, 6.45) is 1.94. The van der Waals surface area contributed by atoms with Crippen molar-refractivity contribution in [3.63, 3.8) is 0 Å². The molecule has 3 aromatic rings. The molecule has 176 valence electrons. The van der Waals surface area contributed by atoms with Crippen molar-refractivity contribution in [2.24, 2.45) is 5.92 Å². The highest BCUT2D eigenvalue weighted by molar-refractivity contribution is 6.31. The molecule has 1 aromatic heterocycles. The van der Waals surface area contributed by atoms with E-state index >= 15 is 0 Å². The number of aromatic nitrogens is 1. The second kappa shape index (κ2) is 10.1. The van der Waals surface area contributed by atoms with E-state index in [1.54, 1.807) is 31.3 Å². The van der Waals surface area contributed by atoms with E-state index in [0.29, 0.717) is 5.02 Å². The average molecular weight is 481 g/mol. The second-order valence-electron chi connectivity index (χ2n) is 8.38. The molecule has 34 heavy (non-hydrogen) atoms. The molecular formula is C25H25ClN4O4. The SMILES string of the molecule is CC1NC(=O)CN(CC(=O)C(Cc2c[nH]c3ccccc23)C(=O)NCc2ccccc2Cl)C1=O. The number of para-hydroxylation sites is 1. The summed E-state index contributed by atoms with van der Waals surface area (Å²) >= 11 is 6.20. The van der Waals surface area contributed by atoms with E-state index in [4.69, 9.17) is 11.6 Å². The van der Waals surface area contributed by atoms with Crippen LogP contribution in [0, 0.1) is 5.92 Å². The number of fused-ring (bicyclic) bond motifs is 1. The minimum atomic E-state index is -1.05. The van der Waals surface area contributed by atoms with E-state index in [0.717, 1.165) is 22.0 Å². The van der Waals surface area contributed by atoms with Crippen molar-refractivity contribution in [2.75, 3.05) is 13.1 Å². The number of halogens is 1. The summed E-state index contributed by atoms with van der Waals surface area (Å²) in [7, 11) is 0. The first-order valence-electron chi connectivity index (χ1n) is 11.0. The van der Waals surface area contributed by atoms with Gasteiger partial charge in [0.05, 0.1) is 6.54 Å². The molecule has 2 atom stereocenters. The maximum Gasteiger partial charge on any atom is 0.245 e. The molecule has 2 heterocycles. The largest absolute Gasteiger partial charge is 0.361 e. The van der Waals surface area contributed by atoms with Crippen LogP contribution in [0.5, 0.6) is 0 Å². The van der Waals surface area contributed by atoms with Crippen LogP contribution in [0.4, 0.5) is 0 Å². The van der Waals surface area contributed by atoms with Crippen LogP contribution in [0.15, 0.2) is 54.7 Å². The fraction of sp³-hybridized carbons (Fsp3) is 0.280. The van der Waals surface area contributed by atoms with Crippen LogP contribution in [-0.4, -0.2) is 52.5 Å². The Morgan fingerprint density at radius 3 is 2.65 bits per heavy atom. The molecule has 1 aliphatic heterocycles. The van der Waals surface area contributed by atoms with Crippen LogP contribution in [0.3, 0.4) is 0 Å². The smallest absolute Gasteiger partial charge is 0.245 e. The standard InChI is InChI=1S/C25H25ClN4O4/c1-15-25(34)30(14-23(32)29-15)13-22(31)19(10-17-12-27-21-9-5-3-7-18(17)21)24(33)28-11-16-6-2-4-8-20(16)26/h2-9,12,15,19,27H,10-11,13-14H2,1H3,(H,28,33)(H,29,32). The van der Waals surface area contributed by atoms with E-state index in [1.807, 2.05) is 30.3 Å². The van der Waals surface area contributed by atoms with Crippen molar-refractivity contribution in [3.8, 4) is 0 Å². The Kier molecular flexibility index (Phi) is 6.98. The van der Waals surface area contributed by atoms with Gasteiger partial charge in [0.25, 0.3) is 0 Å². The van der Waals surface area contributed by atoms with E-state index in [1.165, 1.54) is 4.90 Å². The van der Waals surface area contributed by atoms with Gasteiger partial charge in [-0.05, 0) is 36.6 Å². The summed E-state index contributed by atoms with van der Waals surface area (Å²) < 4.78 is 0. The van der Waals surface area contributed by atoms with Gasteiger partial charge in [-0.2, -0.15) is 0 Å². The summed E-state index contributed by atoms with van der Waals surface area (Å²) in [4.78, 5) is 55.3. The zero-order chi connectivity index (χ0) is 24.2. The highest BCUT2D eigenvalue weighted by Gasteiger charge is 2.34. The molecule has 9 heteroatoms. The maximum atomic E-state index is 13.3. The summed E-state index contributed by atoms with van der Waals surface area (Å²) in [5, 5.41) is 6.79. The van der Waals surface area contributed by atoms with Crippen molar-refractivity contribution in [1.82, 2.24) is 20.5 Å². The van der Waals surface area contributed by atoms with Gasteiger partial charge in [0, 0.05) is 28.7 Å². The fourth-order valence-corrected chi connectivity index (χ4v) is 4.33. The quantitative estimate of drug-likeness (QED) is 0.429. The molecule has 0 saturated carbocycles. The summed E-state index contributed by atoms with van der Waals surface area (Å²) in [6, 6.07) is 14.0. The third-order valence-corrected chi connectivity index (χ3v) is 6.32. The Bertz CT molecular complexity index is 1250. The van der Waals surface area contributed by atoms with E-state index in [-0.39, 0.29) is 37.9 Å². The Labute approximate surface area is 201 Å². The highest BCUT2D eigenvalue weighted by Crippen LogP contribution is 2.22. The first-order chi connectivity index (χ1) is 16.3. The number of benzene rings is 2. The summed E-state index contributed by atoms with van der Waals surface area (Å²) in [5.74, 6) is -2.63. The Balaban J connectivity index is 1.55. The normalized spacial score (nSPS) is 16.9. The number of piperazine rings is 1. The number of ketones is 1. The summed E-state index contributed by atoms with van der Waals surface area (Å²) in [5.41, 5.74) is 2.45. The minimum absolute atomic E-state index is 0.154. The number of hydrogen-bond donors (Lipinski definition) is 3. The van der Waals surface area contributed by atoms with Crippen molar-refractivity contribution in [3.05, 3.63) is 70.9 Å². The number of carbonyl (C=O) groups excluding carboxylic acids is 4. The number of hydrogen-bond acceptors (Lipinski definition) is 4. The first-order valence-corrected chi connectivity index (χ1v) is 11.4. The van der Waals surface area contributed by atoms with Gasteiger partial charge in [0.2, 0.25) is 17.7 Å². The number of nitrogens with zero attached hydrogens (tertiary/aromatic N) is 1. The van der Waals surface area contributed by atoms with Gasteiger partial charge in [-0.3, -0.25) is 19.2 Å². The molecule has 1 aliphatic rings. The van der Waals surface area contributed by atoms with Crippen LogP contribution in [0.2, 0.25) is 5.02 Å². The van der Waals surface area contributed by atoms with Gasteiger partial charge in [-0.25, -0.2) is 0 Å². The lowest BCUT2D eigenvalue weighted by Gasteiger charge is -2.31. The van der Waals surface area contributed by atoms with Gasteiger partial charge in [-0.1, -0.05) is 48.0 Å². The van der Waals surface area contributed by atoms with Gasteiger partial charge in [0.1, 0.15) is 18.5 Å². The number of nitrogens with one attached hydrogen (secondary N) is 3. The van der Waals surface area contributed by atoms with Crippen LogP contribution in [0.1, 0.15) is 18.1 Å². The highest BCUT2D eigenvalue weighted by atomic mass is 35.5. The Morgan fingerprint density at radius 1 is 1.12 bits per heavy atom. The van der Waals surface area contributed by atoms with Gasteiger partial charge >= 0.3 is 0 Å². The molecular weight excluding hydrogens is 456 g/mol. The molecule has 3 N–H and O–H groups in total. The molecule has 0 aliphatic carbocycles. The van der Waals surface area contributed by atoms with Crippen molar-refractivity contribution in [2.45, 2.75) is 25.9 Å². The number of carbonyl (C=O) groups is 4. The number of rotatable bonds is 8. The molecule has 1 fully saturated rings. The Morgan fingerprint density at radius 2 is 1.85 bits per heavy atom. The molecule has 2 aromatic carbocycles. The van der Waals surface area contributed by atoms with Crippen LogP contribution < -0.4 is 10.6 Å². The lowest BCUT2D eigenvalue weighted by molar-refractivity contribution is -0.147. The lowest BCUT2D eigenvalue weighted by Crippen LogP contribution is -2.58. The van der Waals surface area contributed by atoms with Crippen molar-refractivity contribution >= 4 is 46.0 Å². The maximum absolute atomic E-state index is 13.3. The number of H-pyrrole nitrogens is 1. The second-order valence-corrected chi connectivity index (χ2v) is 8.78. The first kappa shape index (κ1) is 23.5. The van der Waals surface area contributed by atoms with Gasteiger partial charge in [-0.15, -0.1) is 0 Å². The molecule has 3 amide bonds. The van der Waals surface area contributed by atoms with Crippen molar-refractivity contribution < 1.29 is 19.2 Å². The molecule has 1 saturated heterocycles. The molecule has 0 radical (unpaired) electrons. The van der Waals surface area contributed by atoms with Crippen LogP contribution in [-0.2, 0) is 32.1 Å². The van der Waals surface area contributed by atoms with E-state index in [9.17, 15) is 19.2 Å². The zero-order valence-corrected chi connectivity index (χ0v) is 19.4. The predicted molar refractivity (Wildman–Crippen MR) is 128 cm³/mol. The third-order valence-electron chi connectivity index (χ3n) is 5.96. The van der Waals surface area contributed by atoms with Crippen LogP contribution >= 0.6 is 11.6 Å². The van der Waals surface area contributed by atoms with Crippen LogP contribution in [0.25, 0.3) is 10.9 Å². The molecule has 0 bridgehead atoms. The topological polar surface area (TPSA) is 111 Å². The minimum Gasteiger partial charge on any atom is -0.361 e. The third kappa shape index (κ3) is 5.12. The van der Waals surface area contributed by atoms with E-state index in [2.05, 4.69) is 15.6 Å².